The molecule has 136 valence electrons. The van der Waals surface area contributed by atoms with Crippen molar-refractivity contribution in [2.75, 3.05) is 18.1 Å². The molecule has 2 bridgehead atoms. The van der Waals surface area contributed by atoms with Crippen molar-refractivity contribution in [3.05, 3.63) is 54.1 Å². The van der Waals surface area contributed by atoms with Crippen LogP contribution in [0.3, 0.4) is 0 Å². The number of anilines is 2. The van der Waals surface area contributed by atoms with Gasteiger partial charge in [-0.3, -0.25) is 4.79 Å². The van der Waals surface area contributed by atoms with Crippen LogP contribution in [0.5, 0.6) is 5.75 Å². The third kappa shape index (κ3) is 3.40. The monoisotopic (exact) mass is 351 g/mol. The van der Waals surface area contributed by atoms with Crippen LogP contribution >= 0.6 is 0 Å². The van der Waals surface area contributed by atoms with Crippen molar-refractivity contribution < 1.29 is 9.53 Å². The van der Waals surface area contributed by atoms with Crippen molar-refractivity contribution >= 4 is 17.3 Å². The van der Waals surface area contributed by atoms with Crippen LogP contribution in [0, 0.1) is 0 Å². The molecule has 2 aromatic rings. The van der Waals surface area contributed by atoms with E-state index in [-0.39, 0.29) is 12.0 Å². The molecular weight excluding hydrogens is 326 g/mol. The highest BCUT2D eigenvalue weighted by molar-refractivity contribution is 6.05. The van der Waals surface area contributed by atoms with E-state index in [2.05, 4.69) is 17.3 Å². The van der Waals surface area contributed by atoms with Crippen LogP contribution in [0.2, 0.25) is 0 Å². The maximum Gasteiger partial charge on any atom is 0.255 e. The number of hydrogen-bond acceptors (Lipinski definition) is 4. The average Bonchev–Trinajstić information content (AvgIpc) is 2.85. The predicted molar refractivity (Wildman–Crippen MR) is 103 cm³/mol. The standard InChI is InChI=1S/C21H25N3O2/c1-24-15-8-9-16(24)13-18(12-15)26-17-10-6-14(7-11-17)21(25)23-20-5-3-2-4-19(20)22/h2-7,10-11,15-16,18H,8-9,12-13,22H2,1H3,(H,23,25). The topological polar surface area (TPSA) is 67.6 Å². The lowest BCUT2D eigenvalue weighted by atomic mass is 10.0. The van der Waals surface area contributed by atoms with Gasteiger partial charge in [0.05, 0.1) is 11.4 Å². The van der Waals surface area contributed by atoms with Gasteiger partial charge in [-0.25, -0.2) is 0 Å². The van der Waals surface area contributed by atoms with E-state index in [4.69, 9.17) is 10.5 Å². The molecule has 26 heavy (non-hydrogen) atoms. The SMILES string of the molecule is CN1C2CCC1CC(Oc1ccc(C(=O)Nc3ccccc3N)cc1)C2. The Morgan fingerprint density at radius 2 is 1.73 bits per heavy atom. The summed E-state index contributed by atoms with van der Waals surface area (Å²) < 4.78 is 6.18. The first-order valence-corrected chi connectivity index (χ1v) is 9.24. The number of hydrogen-bond donors (Lipinski definition) is 2. The first-order valence-electron chi connectivity index (χ1n) is 9.24. The molecule has 1 amide bonds. The van der Waals surface area contributed by atoms with Gasteiger partial charge in [0, 0.05) is 17.6 Å². The molecule has 4 rings (SSSR count). The maximum atomic E-state index is 12.4. The third-order valence-corrected chi connectivity index (χ3v) is 5.68. The number of para-hydroxylation sites is 2. The van der Waals surface area contributed by atoms with Crippen molar-refractivity contribution in [3.63, 3.8) is 0 Å². The Balaban J connectivity index is 1.38. The summed E-state index contributed by atoms with van der Waals surface area (Å²) in [5, 5.41) is 2.84. The number of benzene rings is 2. The normalized spacial score (nSPS) is 25.0. The molecule has 5 heteroatoms. The van der Waals surface area contributed by atoms with Gasteiger partial charge in [-0.05, 0) is 69.1 Å². The molecule has 2 atom stereocenters. The zero-order chi connectivity index (χ0) is 18.1. The fourth-order valence-corrected chi connectivity index (χ4v) is 4.14. The van der Waals surface area contributed by atoms with Crippen molar-refractivity contribution in [2.45, 2.75) is 43.9 Å². The maximum absolute atomic E-state index is 12.4. The average molecular weight is 351 g/mol. The fourth-order valence-electron chi connectivity index (χ4n) is 4.14. The first-order chi connectivity index (χ1) is 12.6. The molecule has 2 heterocycles. The second-order valence-electron chi connectivity index (χ2n) is 7.33. The van der Waals surface area contributed by atoms with Crippen molar-refractivity contribution in [3.8, 4) is 5.75 Å². The molecule has 2 unspecified atom stereocenters. The first kappa shape index (κ1) is 16.9. The lowest BCUT2D eigenvalue weighted by molar-refractivity contribution is 0.0661. The summed E-state index contributed by atoms with van der Waals surface area (Å²) in [5.41, 5.74) is 7.64. The van der Waals surface area contributed by atoms with Gasteiger partial charge in [-0.2, -0.15) is 0 Å². The van der Waals surface area contributed by atoms with Gasteiger partial charge in [0.2, 0.25) is 0 Å². The minimum atomic E-state index is -0.174. The van der Waals surface area contributed by atoms with Crippen LogP contribution in [0.4, 0.5) is 11.4 Å². The summed E-state index contributed by atoms with van der Waals surface area (Å²) in [5.74, 6) is 0.654. The van der Waals surface area contributed by atoms with Crippen molar-refractivity contribution in [1.29, 1.82) is 0 Å². The minimum Gasteiger partial charge on any atom is -0.490 e. The fraction of sp³-hybridized carbons (Fsp3) is 0.381. The van der Waals surface area contributed by atoms with Gasteiger partial charge in [-0.1, -0.05) is 12.1 Å². The zero-order valence-corrected chi connectivity index (χ0v) is 15.0. The quantitative estimate of drug-likeness (QED) is 0.827. The number of nitrogens with zero attached hydrogens (tertiary/aromatic N) is 1. The van der Waals surface area contributed by atoms with Gasteiger partial charge in [0.15, 0.2) is 0 Å². The Bertz CT molecular complexity index is 776. The number of fused-ring (bicyclic) bond motifs is 2. The summed E-state index contributed by atoms with van der Waals surface area (Å²) >= 11 is 0. The molecule has 2 fully saturated rings. The molecule has 2 aliphatic heterocycles. The Morgan fingerprint density at radius 1 is 1.08 bits per heavy atom. The van der Waals surface area contributed by atoms with Gasteiger partial charge in [-0.15, -0.1) is 0 Å². The predicted octanol–water partition coefficient (Wildman–Crippen LogP) is 3.53. The van der Waals surface area contributed by atoms with E-state index in [1.165, 1.54) is 12.8 Å². The number of piperidine rings is 1. The molecule has 2 saturated heterocycles. The van der Waals surface area contributed by atoms with Crippen LogP contribution in [-0.4, -0.2) is 36.0 Å². The van der Waals surface area contributed by atoms with E-state index in [0.717, 1.165) is 18.6 Å². The van der Waals surface area contributed by atoms with Crippen LogP contribution in [0.1, 0.15) is 36.0 Å². The molecule has 2 aromatic carbocycles. The lowest BCUT2D eigenvalue weighted by Crippen LogP contribution is -2.43. The highest BCUT2D eigenvalue weighted by Gasteiger charge is 2.39. The van der Waals surface area contributed by atoms with Crippen LogP contribution in [-0.2, 0) is 0 Å². The van der Waals surface area contributed by atoms with Crippen LogP contribution in [0.15, 0.2) is 48.5 Å². The molecule has 0 aliphatic carbocycles. The summed E-state index contributed by atoms with van der Waals surface area (Å²) in [7, 11) is 2.23. The smallest absolute Gasteiger partial charge is 0.255 e. The lowest BCUT2D eigenvalue weighted by Gasteiger charge is -2.36. The molecule has 0 spiro atoms. The van der Waals surface area contributed by atoms with Crippen LogP contribution < -0.4 is 15.8 Å². The van der Waals surface area contributed by atoms with E-state index < -0.39 is 0 Å². The summed E-state index contributed by atoms with van der Waals surface area (Å²) in [6, 6.07) is 15.9. The summed E-state index contributed by atoms with van der Waals surface area (Å²) in [4.78, 5) is 14.9. The van der Waals surface area contributed by atoms with Crippen molar-refractivity contribution in [2.24, 2.45) is 0 Å². The molecular formula is C21H25N3O2. The number of rotatable bonds is 4. The van der Waals surface area contributed by atoms with Gasteiger partial charge in [0.25, 0.3) is 5.91 Å². The number of ether oxygens (including phenoxy) is 1. The zero-order valence-electron chi connectivity index (χ0n) is 15.0. The second kappa shape index (κ2) is 7.00. The Morgan fingerprint density at radius 3 is 2.38 bits per heavy atom. The highest BCUT2D eigenvalue weighted by atomic mass is 16.5. The van der Waals surface area contributed by atoms with E-state index >= 15 is 0 Å². The summed E-state index contributed by atoms with van der Waals surface area (Å²) in [6.45, 7) is 0. The Hall–Kier alpha value is -2.53. The molecule has 5 nitrogen and oxygen atoms in total. The van der Waals surface area contributed by atoms with Gasteiger partial charge >= 0.3 is 0 Å². The van der Waals surface area contributed by atoms with E-state index in [9.17, 15) is 4.79 Å². The summed E-state index contributed by atoms with van der Waals surface area (Å²) in [6.07, 6.45) is 5.00. The van der Waals surface area contributed by atoms with E-state index in [1.807, 2.05) is 24.3 Å². The number of nitrogens with two attached hydrogens (primary N) is 1. The van der Waals surface area contributed by atoms with E-state index in [0.29, 0.717) is 29.0 Å². The van der Waals surface area contributed by atoms with Gasteiger partial charge in [0.1, 0.15) is 11.9 Å². The Labute approximate surface area is 154 Å². The number of carbonyl (C=O) groups excluding carboxylic acids is 1. The highest BCUT2D eigenvalue weighted by Crippen LogP contribution is 2.35. The van der Waals surface area contributed by atoms with Gasteiger partial charge < -0.3 is 20.7 Å². The largest absolute Gasteiger partial charge is 0.490 e. The third-order valence-electron chi connectivity index (χ3n) is 5.68. The number of carbonyl (C=O) groups is 1. The van der Waals surface area contributed by atoms with E-state index in [1.54, 1.807) is 24.3 Å². The minimum absolute atomic E-state index is 0.174. The molecule has 2 aliphatic rings. The number of nitrogens with one attached hydrogen (secondary N) is 1. The molecule has 3 N–H and O–H groups in total. The van der Waals surface area contributed by atoms with Crippen molar-refractivity contribution in [1.82, 2.24) is 4.90 Å². The molecule has 0 aromatic heterocycles. The Kier molecular flexibility index (Phi) is 4.55. The number of amides is 1. The van der Waals surface area contributed by atoms with Crippen LogP contribution in [0.25, 0.3) is 0 Å². The second-order valence-corrected chi connectivity index (χ2v) is 7.33. The number of nitrogen functional groups attached to an aromatic ring is 1. The molecule has 0 saturated carbocycles. The molecule has 0 radical (unpaired) electrons.